The zero-order valence-corrected chi connectivity index (χ0v) is 12.2. The average molecular weight is 365 g/mol. The molecule has 20 heavy (non-hydrogen) atoms. The third-order valence-corrected chi connectivity index (χ3v) is 4.91. The molecule has 3 nitrogen and oxygen atoms in total. The molecule has 2 heterocycles. The van der Waals surface area contributed by atoms with Gasteiger partial charge in [0.15, 0.2) is 4.32 Å². The second-order valence-electron chi connectivity index (χ2n) is 3.94. The molecule has 0 saturated carbocycles. The first kappa shape index (κ1) is 15.0. The predicted molar refractivity (Wildman–Crippen MR) is 72.8 cm³/mol. The number of nitrogens with zero attached hydrogens (tertiary/aromatic N) is 1. The van der Waals surface area contributed by atoms with Gasteiger partial charge in [0.05, 0.1) is 10.6 Å². The van der Waals surface area contributed by atoms with Gasteiger partial charge in [-0.2, -0.15) is 13.2 Å². The molecular weight excluding hydrogens is 357 g/mol. The number of carbonyl (C=O) groups excluding carboxylic acids is 1. The lowest BCUT2D eigenvalue weighted by molar-refractivity contribution is -0.150. The van der Waals surface area contributed by atoms with Gasteiger partial charge in [-0.3, -0.25) is 9.78 Å². The smallest absolute Gasteiger partial charge is 0.365 e. The second kappa shape index (κ2) is 5.17. The van der Waals surface area contributed by atoms with Gasteiger partial charge in [0.25, 0.3) is 5.91 Å². The molecule has 0 bridgehead atoms. The van der Waals surface area contributed by atoms with Crippen molar-refractivity contribution in [3.8, 4) is 0 Å². The summed E-state index contributed by atoms with van der Waals surface area (Å²) < 4.78 is 38.0. The maximum atomic E-state index is 13.5. The quantitative estimate of drug-likeness (QED) is 0.848. The fourth-order valence-electron chi connectivity index (χ4n) is 1.67. The van der Waals surface area contributed by atoms with Gasteiger partial charge < -0.3 is 5.73 Å². The summed E-state index contributed by atoms with van der Waals surface area (Å²) in [4.78, 5) is 14.9. The molecule has 0 spiro atoms. The number of primary amides is 1. The number of amides is 1. The highest BCUT2D eigenvalue weighted by Gasteiger charge is 2.57. The molecule has 0 aliphatic heterocycles. The molecule has 1 amide bonds. The van der Waals surface area contributed by atoms with Crippen molar-refractivity contribution in [2.24, 2.45) is 5.73 Å². The van der Waals surface area contributed by atoms with Gasteiger partial charge in [-0.25, -0.2) is 0 Å². The molecule has 1 atom stereocenters. The molecule has 2 rings (SSSR count). The summed E-state index contributed by atoms with van der Waals surface area (Å²) in [5, 5.41) is 1.25. The summed E-state index contributed by atoms with van der Waals surface area (Å²) in [6, 6.07) is 5.38. The number of nitrogens with two attached hydrogens (primary N) is 1. The molecule has 0 aromatic carbocycles. The number of aromatic nitrogens is 1. The van der Waals surface area contributed by atoms with Gasteiger partial charge in [-0.1, -0.05) is 22.0 Å². The van der Waals surface area contributed by atoms with Crippen LogP contribution in [0.3, 0.4) is 0 Å². The normalized spacial score (nSPS) is 14.8. The van der Waals surface area contributed by atoms with Crippen molar-refractivity contribution in [3.63, 3.8) is 0 Å². The van der Waals surface area contributed by atoms with Crippen LogP contribution in [0.4, 0.5) is 13.2 Å². The minimum atomic E-state index is -4.63. The number of pyridine rings is 1. The van der Waals surface area contributed by atoms with Crippen molar-refractivity contribution in [1.82, 2.24) is 4.98 Å². The van der Waals surface area contributed by atoms with Crippen molar-refractivity contribution in [3.05, 3.63) is 52.0 Å². The molecule has 0 aliphatic carbocycles. The Kier molecular flexibility index (Phi) is 3.88. The summed E-state index contributed by atoms with van der Waals surface area (Å²) in [5.74, 6) is -0.765. The minimum absolute atomic E-state index is 0.0593. The highest BCUT2D eigenvalue weighted by atomic mass is 79.9. The lowest BCUT2D eigenvalue weighted by Gasteiger charge is -2.28. The van der Waals surface area contributed by atoms with Crippen LogP contribution in [0.25, 0.3) is 0 Å². The van der Waals surface area contributed by atoms with E-state index in [0.29, 0.717) is 0 Å². The number of rotatable bonds is 3. The largest absolute Gasteiger partial charge is 0.413 e. The number of hydrogen-bond donors (Lipinski definition) is 1. The Morgan fingerprint density at radius 2 is 2.05 bits per heavy atom. The summed E-state index contributed by atoms with van der Waals surface area (Å²) in [5.41, 5.74) is 4.75. The SMILES string of the molecule is NC(=O)c1cc(C(Br)(c2ccccn2)C(F)(F)F)cs1. The van der Waals surface area contributed by atoms with Crippen LogP contribution in [-0.2, 0) is 4.32 Å². The lowest BCUT2D eigenvalue weighted by Crippen LogP contribution is -2.38. The molecule has 1 unspecified atom stereocenters. The van der Waals surface area contributed by atoms with Crippen LogP contribution < -0.4 is 5.73 Å². The van der Waals surface area contributed by atoms with Crippen LogP contribution in [0.5, 0.6) is 0 Å². The molecule has 106 valence electrons. The highest BCUT2D eigenvalue weighted by Crippen LogP contribution is 2.51. The summed E-state index contributed by atoms with van der Waals surface area (Å²) in [6.07, 6.45) is -3.35. The van der Waals surface area contributed by atoms with E-state index >= 15 is 0 Å². The Balaban J connectivity index is 2.61. The summed E-state index contributed by atoms with van der Waals surface area (Å²) >= 11 is 3.61. The van der Waals surface area contributed by atoms with Gasteiger partial charge in [0.2, 0.25) is 0 Å². The van der Waals surface area contributed by atoms with Crippen molar-refractivity contribution < 1.29 is 18.0 Å². The van der Waals surface area contributed by atoms with E-state index < -0.39 is 16.4 Å². The monoisotopic (exact) mass is 364 g/mol. The van der Waals surface area contributed by atoms with E-state index in [2.05, 4.69) is 20.9 Å². The van der Waals surface area contributed by atoms with Crippen LogP contribution >= 0.6 is 27.3 Å². The number of carbonyl (C=O) groups is 1. The van der Waals surface area contributed by atoms with E-state index in [1.54, 1.807) is 0 Å². The Labute approximate surface area is 124 Å². The topological polar surface area (TPSA) is 56.0 Å². The molecule has 8 heteroatoms. The van der Waals surface area contributed by atoms with Crippen LogP contribution in [0.1, 0.15) is 20.9 Å². The van der Waals surface area contributed by atoms with Crippen molar-refractivity contribution in [2.75, 3.05) is 0 Å². The van der Waals surface area contributed by atoms with Crippen LogP contribution in [0.2, 0.25) is 0 Å². The fourth-order valence-corrected chi connectivity index (χ4v) is 3.09. The second-order valence-corrected chi connectivity index (χ2v) is 6.04. The molecular formula is C12H8BrF3N2OS. The predicted octanol–water partition coefficient (Wildman–Crippen LogP) is 3.44. The maximum Gasteiger partial charge on any atom is 0.413 e. The van der Waals surface area contributed by atoms with Gasteiger partial charge in [0, 0.05) is 6.20 Å². The standard InChI is InChI=1S/C12H8BrF3N2OS/c13-11(12(14,15)16,9-3-1-2-4-18-9)7-5-8(10(17)19)20-6-7/h1-6H,(H2,17,19). The molecule has 0 radical (unpaired) electrons. The molecule has 0 saturated heterocycles. The van der Waals surface area contributed by atoms with E-state index in [-0.39, 0.29) is 16.1 Å². The average Bonchev–Trinajstić information content (AvgIpc) is 2.87. The van der Waals surface area contributed by atoms with Crippen LogP contribution in [-0.4, -0.2) is 17.1 Å². The van der Waals surface area contributed by atoms with Crippen molar-refractivity contribution >= 4 is 33.2 Å². The Hall–Kier alpha value is -1.41. The third-order valence-electron chi connectivity index (χ3n) is 2.65. The van der Waals surface area contributed by atoms with Gasteiger partial charge in [-0.15, -0.1) is 11.3 Å². The first-order valence-electron chi connectivity index (χ1n) is 5.33. The molecule has 2 N–H and O–H groups in total. The minimum Gasteiger partial charge on any atom is -0.365 e. The Bertz CT molecular complexity index is 629. The number of halogens is 4. The van der Waals surface area contributed by atoms with Gasteiger partial charge in [0.1, 0.15) is 0 Å². The molecule has 2 aromatic heterocycles. The maximum absolute atomic E-state index is 13.5. The molecule has 0 fully saturated rings. The first-order chi connectivity index (χ1) is 9.26. The van der Waals surface area contributed by atoms with Gasteiger partial charge in [-0.05, 0) is 29.1 Å². The van der Waals surface area contributed by atoms with Gasteiger partial charge >= 0.3 is 6.18 Å². The zero-order valence-electron chi connectivity index (χ0n) is 9.82. The summed E-state index contributed by atoms with van der Waals surface area (Å²) in [7, 11) is 0. The van der Waals surface area contributed by atoms with Crippen LogP contribution in [0, 0.1) is 0 Å². The number of thiophene rings is 1. The van der Waals surface area contributed by atoms with E-state index in [9.17, 15) is 18.0 Å². The third kappa shape index (κ3) is 2.45. The van der Waals surface area contributed by atoms with E-state index in [4.69, 9.17) is 5.73 Å². The van der Waals surface area contributed by atoms with Crippen LogP contribution in [0.15, 0.2) is 35.8 Å². The Morgan fingerprint density at radius 3 is 2.50 bits per heavy atom. The fraction of sp³-hybridized carbons (Fsp3) is 0.167. The number of hydrogen-bond acceptors (Lipinski definition) is 3. The Morgan fingerprint density at radius 1 is 1.35 bits per heavy atom. The van der Waals surface area contributed by atoms with E-state index in [0.717, 1.165) is 17.4 Å². The highest BCUT2D eigenvalue weighted by molar-refractivity contribution is 9.09. The van der Waals surface area contributed by atoms with E-state index in [1.807, 2.05) is 0 Å². The first-order valence-corrected chi connectivity index (χ1v) is 7.00. The lowest BCUT2D eigenvalue weighted by atomic mass is 9.96. The molecule has 0 aliphatic rings. The van der Waals surface area contributed by atoms with E-state index in [1.165, 1.54) is 29.8 Å². The number of alkyl halides is 4. The summed E-state index contributed by atoms with van der Waals surface area (Å²) in [6.45, 7) is 0. The molecule has 2 aromatic rings. The van der Waals surface area contributed by atoms with Crippen molar-refractivity contribution in [1.29, 1.82) is 0 Å². The van der Waals surface area contributed by atoms with Crippen molar-refractivity contribution in [2.45, 2.75) is 10.5 Å². The zero-order chi connectivity index (χ0) is 15.0.